The molecule has 4 nitrogen and oxygen atoms in total. The second-order valence-corrected chi connectivity index (χ2v) is 5.69. The Bertz CT molecular complexity index is 635. The molecule has 0 N–H and O–H groups in total. The molecule has 2 aromatic rings. The molecule has 2 aromatic heterocycles. The van der Waals surface area contributed by atoms with Crippen LogP contribution in [0.4, 0.5) is 0 Å². The maximum Gasteiger partial charge on any atom is 0.259 e. The Labute approximate surface area is 112 Å². The Morgan fingerprint density at radius 2 is 2.11 bits per heavy atom. The van der Waals surface area contributed by atoms with Gasteiger partial charge in [0.25, 0.3) is 5.56 Å². The van der Waals surface area contributed by atoms with Crippen LogP contribution in [-0.4, -0.2) is 14.3 Å². The highest BCUT2D eigenvalue weighted by atomic mass is 16.1. The summed E-state index contributed by atoms with van der Waals surface area (Å²) in [4.78, 5) is 12.4. The van der Waals surface area contributed by atoms with Gasteiger partial charge in [-0.2, -0.15) is 5.10 Å². The molecule has 0 atom stereocenters. The van der Waals surface area contributed by atoms with E-state index in [-0.39, 0.29) is 5.56 Å². The van der Waals surface area contributed by atoms with E-state index in [0.717, 1.165) is 17.8 Å². The molecular weight excluding hydrogens is 238 g/mol. The number of aromatic nitrogens is 3. The molecule has 4 heteroatoms. The number of hydrogen-bond donors (Lipinski definition) is 0. The van der Waals surface area contributed by atoms with Crippen molar-refractivity contribution in [3.8, 4) is 5.82 Å². The van der Waals surface area contributed by atoms with Crippen molar-refractivity contribution >= 4 is 0 Å². The summed E-state index contributed by atoms with van der Waals surface area (Å²) in [7, 11) is 0. The van der Waals surface area contributed by atoms with E-state index < -0.39 is 0 Å². The molecule has 100 valence electrons. The van der Waals surface area contributed by atoms with Crippen molar-refractivity contribution in [1.82, 2.24) is 14.3 Å². The third-order valence-electron chi connectivity index (χ3n) is 3.42. The molecule has 0 amide bonds. The van der Waals surface area contributed by atoms with E-state index in [1.54, 1.807) is 10.8 Å². The molecule has 0 radical (unpaired) electrons. The van der Waals surface area contributed by atoms with Crippen molar-refractivity contribution in [2.75, 3.05) is 0 Å². The van der Waals surface area contributed by atoms with E-state index in [2.05, 4.69) is 18.9 Å². The summed E-state index contributed by atoms with van der Waals surface area (Å²) < 4.78 is 3.62. The lowest BCUT2D eigenvalue weighted by atomic mass is 10.0. The molecule has 3 rings (SSSR count). The highest BCUT2D eigenvalue weighted by Crippen LogP contribution is 2.34. The van der Waals surface area contributed by atoms with Crippen molar-refractivity contribution in [1.29, 1.82) is 0 Å². The van der Waals surface area contributed by atoms with E-state index in [4.69, 9.17) is 0 Å². The number of rotatable bonds is 4. The van der Waals surface area contributed by atoms with Gasteiger partial charge >= 0.3 is 0 Å². The van der Waals surface area contributed by atoms with Gasteiger partial charge in [0.05, 0.1) is 6.04 Å². The van der Waals surface area contributed by atoms with Crippen LogP contribution in [-0.2, 0) is 6.42 Å². The second-order valence-electron chi connectivity index (χ2n) is 5.69. The maximum atomic E-state index is 12.4. The Morgan fingerprint density at radius 1 is 1.32 bits per heavy atom. The number of pyridine rings is 1. The minimum Gasteiger partial charge on any atom is -0.269 e. The minimum atomic E-state index is 0.0530. The average Bonchev–Trinajstić information content (AvgIpc) is 3.10. The first-order valence-electron chi connectivity index (χ1n) is 6.91. The van der Waals surface area contributed by atoms with E-state index in [1.165, 1.54) is 12.8 Å². The molecule has 1 saturated carbocycles. The predicted octanol–water partition coefficient (Wildman–Crippen LogP) is 2.57. The lowest BCUT2D eigenvalue weighted by Crippen LogP contribution is -2.23. The smallest absolute Gasteiger partial charge is 0.259 e. The quantitative estimate of drug-likeness (QED) is 0.844. The normalized spacial score (nSPS) is 15.1. The lowest BCUT2D eigenvalue weighted by molar-refractivity contribution is 0.626. The van der Waals surface area contributed by atoms with Gasteiger partial charge in [-0.3, -0.25) is 14.0 Å². The summed E-state index contributed by atoms with van der Waals surface area (Å²) in [5.41, 5.74) is 0.913. The van der Waals surface area contributed by atoms with Gasteiger partial charge in [0.2, 0.25) is 0 Å². The van der Waals surface area contributed by atoms with Crippen LogP contribution in [0.1, 0.15) is 38.3 Å². The standard InChI is InChI=1S/C15H19N3O/c1-11(2)10-12-4-3-8-17(15(12)19)14-7-9-18(16-14)13-5-6-13/h3-4,7-9,11,13H,5-6,10H2,1-2H3. The van der Waals surface area contributed by atoms with Crippen LogP contribution in [0.15, 0.2) is 35.4 Å². The fourth-order valence-corrected chi connectivity index (χ4v) is 2.31. The van der Waals surface area contributed by atoms with Crippen molar-refractivity contribution in [3.05, 3.63) is 46.5 Å². The van der Waals surface area contributed by atoms with Crippen molar-refractivity contribution in [2.45, 2.75) is 39.2 Å². The van der Waals surface area contributed by atoms with Crippen LogP contribution in [0, 0.1) is 5.92 Å². The Hall–Kier alpha value is -1.84. The van der Waals surface area contributed by atoms with E-state index >= 15 is 0 Å². The molecule has 0 aliphatic heterocycles. The monoisotopic (exact) mass is 257 g/mol. The van der Waals surface area contributed by atoms with Gasteiger partial charge in [0.15, 0.2) is 5.82 Å². The molecule has 0 aromatic carbocycles. The minimum absolute atomic E-state index is 0.0530. The summed E-state index contributed by atoms with van der Waals surface area (Å²) in [5.74, 6) is 1.20. The highest BCUT2D eigenvalue weighted by Gasteiger charge is 2.24. The van der Waals surface area contributed by atoms with Crippen LogP contribution in [0.3, 0.4) is 0 Å². The summed E-state index contributed by atoms with van der Waals surface area (Å²) in [6.07, 6.45) is 6.97. The van der Waals surface area contributed by atoms with Crippen LogP contribution in [0.25, 0.3) is 5.82 Å². The summed E-state index contributed by atoms with van der Waals surface area (Å²) >= 11 is 0. The number of nitrogens with zero attached hydrogens (tertiary/aromatic N) is 3. The molecule has 1 aliphatic carbocycles. The molecule has 0 bridgehead atoms. The highest BCUT2D eigenvalue weighted by molar-refractivity contribution is 5.24. The lowest BCUT2D eigenvalue weighted by Gasteiger charge is -2.07. The fourth-order valence-electron chi connectivity index (χ4n) is 2.31. The molecule has 2 heterocycles. The Morgan fingerprint density at radius 3 is 2.79 bits per heavy atom. The van der Waals surface area contributed by atoms with Gasteiger partial charge in [-0.15, -0.1) is 0 Å². The van der Waals surface area contributed by atoms with Gasteiger partial charge in [-0.05, 0) is 31.2 Å². The zero-order valence-corrected chi connectivity index (χ0v) is 11.4. The van der Waals surface area contributed by atoms with E-state index in [9.17, 15) is 4.79 Å². The van der Waals surface area contributed by atoms with Crippen molar-refractivity contribution in [2.24, 2.45) is 5.92 Å². The van der Waals surface area contributed by atoms with Gasteiger partial charge in [-0.1, -0.05) is 19.9 Å². The Balaban J connectivity index is 1.96. The molecule has 1 aliphatic rings. The van der Waals surface area contributed by atoms with Crippen molar-refractivity contribution in [3.63, 3.8) is 0 Å². The summed E-state index contributed by atoms with van der Waals surface area (Å²) in [5, 5.41) is 4.50. The molecule has 0 unspecified atom stereocenters. The van der Waals surface area contributed by atoms with Gasteiger partial charge in [-0.25, -0.2) is 0 Å². The Kier molecular flexibility index (Phi) is 3.01. The largest absolute Gasteiger partial charge is 0.269 e. The topological polar surface area (TPSA) is 39.8 Å². The fraction of sp³-hybridized carbons (Fsp3) is 0.467. The van der Waals surface area contributed by atoms with Gasteiger partial charge in [0.1, 0.15) is 0 Å². The van der Waals surface area contributed by atoms with Crippen LogP contribution >= 0.6 is 0 Å². The third kappa shape index (κ3) is 2.48. The molecule has 0 spiro atoms. The van der Waals surface area contributed by atoms with Crippen LogP contribution < -0.4 is 5.56 Å². The SMILES string of the molecule is CC(C)Cc1cccn(-c2ccn(C3CC3)n2)c1=O. The van der Waals surface area contributed by atoms with Crippen LogP contribution in [0.2, 0.25) is 0 Å². The first-order valence-corrected chi connectivity index (χ1v) is 6.91. The predicted molar refractivity (Wildman–Crippen MR) is 74.6 cm³/mol. The molecule has 19 heavy (non-hydrogen) atoms. The maximum absolute atomic E-state index is 12.4. The van der Waals surface area contributed by atoms with Gasteiger partial charge in [0, 0.05) is 24.0 Å². The molecular formula is C15H19N3O. The summed E-state index contributed by atoms with van der Waals surface area (Å²) in [6.45, 7) is 4.25. The van der Waals surface area contributed by atoms with E-state index in [0.29, 0.717) is 12.0 Å². The zero-order valence-electron chi connectivity index (χ0n) is 11.4. The zero-order chi connectivity index (χ0) is 13.4. The van der Waals surface area contributed by atoms with Crippen LogP contribution in [0.5, 0.6) is 0 Å². The third-order valence-corrected chi connectivity index (χ3v) is 3.42. The number of hydrogen-bond acceptors (Lipinski definition) is 2. The first kappa shape index (κ1) is 12.2. The molecule has 1 fully saturated rings. The average molecular weight is 257 g/mol. The van der Waals surface area contributed by atoms with E-state index in [1.807, 2.05) is 29.1 Å². The molecule has 0 saturated heterocycles. The second kappa shape index (κ2) is 4.68. The summed E-state index contributed by atoms with van der Waals surface area (Å²) in [6, 6.07) is 6.30. The van der Waals surface area contributed by atoms with Gasteiger partial charge < -0.3 is 0 Å². The van der Waals surface area contributed by atoms with Crippen molar-refractivity contribution < 1.29 is 0 Å². The first-order chi connectivity index (χ1) is 9.15.